The Hall–Kier alpha value is -3.13. The summed E-state index contributed by atoms with van der Waals surface area (Å²) in [6, 6.07) is 7.72. The molecule has 1 aromatic carbocycles. The zero-order chi connectivity index (χ0) is 18.0. The van der Waals surface area contributed by atoms with Gasteiger partial charge >= 0.3 is 5.76 Å². The zero-order valence-electron chi connectivity index (χ0n) is 13.9. The van der Waals surface area contributed by atoms with E-state index in [1.807, 2.05) is 19.0 Å². The summed E-state index contributed by atoms with van der Waals surface area (Å²) in [6.07, 6.45) is 1.35. The Morgan fingerprint density at radius 1 is 1.24 bits per heavy atom. The number of rotatable bonds is 5. The van der Waals surface area contributed by atoms with Crippen LogP contribution >= 0.6 is 0 Å². The molecule has 0 atom stereocenters. The van der Waals surface area contributed by atoms with Crippen LogP contribution in [0.2, 0.25) is 0 Å². The number of carbonyl (C=O) groups is 1. The summed E-state index contributed by atoms with van der Waals surface area (Å²) in [5.74, 6) is -0.790. The summed E-state index contributed by atoms with van der Waals surface area (Å²) >= 11 is 0. The first-order valence-electron chi connectivity index (χ1n) is 7.72. The third-order valence-electron chi connectivity index (χ3n) is 3.74. The van der Waals surface area contributed by atoms with Crippen molar-refractivity contribution < 1.29 is 9.21 Å². The fourth-order valence-electron chi connectivity index (χ4n) is 2.41. The summed E-state index contributed by atoms with van der Waals surface area (Å²) in [6.45, 7) is 1.17. The van der Waals surface area contributed by atoms with E-state index < -0.39 is 5.76 Å². The third kappa shape index (κ3) is 3.69. The molecule has 1 amide bonds. The van der Waals surface area contributed by atoms with Crippen LogP contribution in [0.25, 0.3) is 11.1 Å². The van der Waals surface area contributed by atoms with Gasteiger partial charge in [0.05, 0.1) is 11.1 Å². The molecule has 0 aliphatic heterocycles. The number of oxazole rings is 1. The number of pyridine rings is 1. The van der Waals surface area contributed by atoms with Crippen molar-refractivity contribution in [3.05, 3.63) is 63.0 Å². The summed E-state index contributed by atoms with van der Waals surface area (Å²) in [7, 11) is 3.84. The number of nitrogens with zero attached hydrogens (tertiary/aromatic N) is 2. The highest BCUT2D eigenvalue weighted by Gasteiger charge is 2.12. The first-order chi connectivity index (χ1) is 11.9. The van der Waals surface area contributed by atoms with Crippen molar-refractivity contribution in [3.63, 3.8) is 0 Å². The number of aromatic nitrogens is 2. The van der Waals surface area contributed by atoms with Crippen LogP contribution in [0.1, 0.15) is 10.4 Å². The summed E-state index contributed by atoms with van der Waals surface area (Å²) in [5, 5.41) is 2.74. The molecule has 130 valence electrons. The van der Waals surface area contributed by atoms with Gasteiger partial charge in [0.25, 0.3) is 5.91 Å². The predicted octanol–water partition coefficient (Wildman–Crippen LogP) is 1.10. The maximum Gasteiger partial charge on any atom is 0.419 e. The molecule has 0 radical (unpaired) electrons. The Morgan fingerprint density at radius 3 is 2.72 bits per heavy atom. The number of fused-ring (bicyclic) bond motifs is 1. The van der Waals surface area contributed by atoms with Crippen molar-refractivity contribution in [1.82, 2.24) is 14.5 Å². The standard InChI is InChI=1S/C17H18N4O4/c1-20(2)7-8-21-13-9-12(4-5-14(13)25-17(21)24)19-16(23)11-3-6-15(22)18-10-11/h3-6,9-10H,7-8H2,1-2H3,(H,18,22)(H,19,23). The maximum absolute atomic E-state index is 12.2. The summed E-state index contributed by atoms with van der Waals surface area (Å²) in [4.78, 5) is 39.7. The molecule has 0 aliphatic rings. The van der Waals surface area contributed by atoms with E-state index in [9.17, 15) is 14.4 Å². The van der Waals surface area contributed by atoms with Gasteiger partial charge in [-0.25, -0.2) is 4.79 Å². The number of likely N-dealkylation sites (N-methyl/N-ethyl adjacent to an activating group) is 1. The minimum Gasteiger partial charge on any atom is -0.408 e. The van der Waals surface area contributed by atoms with E-state index in [0.29, 0.717) is 35.4 Å². The van der Waals surface area contributed by atoms with E-state index in [2.05, 4.69) is 10.3 Å². The second kappa shape index (κ2) is 6.78. The molecule has 2 heterocycles. The van der Waals surface area contributed by atoms with Gasteiger partial charge in [-0.2, -0.15) is 0 Å². The largest absolute Gasteiger partial charge is 0.419 e. The number of aromatic amines is 1. The number of benzene rings is 1. The average Bonchev–Trinajstić information content (AvgIpc) is 2.88. The van der Waals surface area contributed by atoms with Crippen molar-refractivity contribution in [2.24, 2.45) is 0 Å². The molecule has 0 bridgehead atoms. The number of hydrogen-bond donors (Lipinski definition) is 2. The third-order valence-corrected chi connectivity index (χ3v) is 3.74. The highest BCUT2D eigenvalue weighted by Crippen LogP contribution is 2.19. The molecule has 8 nitrogen and oxygen atoms in total. The van der Waals surface area contributed by atoms with E-state index in [1.54, 1.807) is 18.2 Å². The van der Waals surface area contributed by atoms with Gasteiger partial charge in [-0.05, 0) is 38.4 Å². The molecule has 0 saturated heterocycles. The number of H-pyrrole nitrogens is 1. The fraction of sp³-hybridized carbons (Fsp3) is 0.235. The Kier molecular flexibility index (Phi) is 4.53. The highest BCUT2D eigenvalue weighted by atomic mass is 16.4. The lowest BCUT2D eigenvalue weighted by atomic mass is 10.2. The number of carbonyl (C=O) groups excluding carboxylic acids is 1. The first kappa shape index (κ1) is 16.7. The van der Waals surface area contributed by atoms with Crippen LogP contribution in [0, 0.1) is 0 Å². The minimum absolute atomic E-state index is 0.277. The van der Waals surface area contributed by atoms with E-state index in [-0.39, 0.29) is 11.5 Å². The highest BCUT2D eigenvalue weighted by molar-refractivity contribution is 6.04. The van der Waals surface area contributed by atoms with Gasteiger partial charge in [0.1, 0.15) is 0 Å². The molecule has 8 heteroatoms. The summed E-state index contributed by atoms with van der Waals surface area (Å²) in [5.41, 5.74) is 1.66. The lowest BCUT2D eigenvalue weighted by Crippen LogP contribution is -2.23. The van der Waals surface area contributed by atoms with E-state index in [4.69, 9.17) is 4.42 Å². The summed E-state index contributed by atoms with van der Waals surface area (Å²) < 4.78 is 6.76. The monoisotopic (exact) mass is 342 g/mol. The van der Waals surface area contributed by atoms with Crippen LogP contribution in [-0.4, -0.2) is 41.0 Å². The van der Waals surface area contributed by atoms with Gasteiger partial charge in [0, 0.05) is 31.0 Å². The second-order valence-electron chi connectivity index (χ2n) is 5.90. The second-order valence-corrected chi connectivity index (χ2v) is 5.90. The molecule has 0 fully saturated rings. The van der Waals surface area contributed by atoms with E-state index in [1.165, 1.54) is 22.9 Å². The molecule has 2 aromatic heterocycles. The van der Waals surface area contributed by atoms with Gasteiger partial charge in [-0.15, -0.1) is 0 Å². The number of anilines is 1. The van der Waals surface area contributed by atoms with Gasteiger partial charge in [-0.1, -0.05) is 0 Å². The van der Waals surface area contributed by atoms with Gasteiger partial charge in [-0.3, -0.25) is 14.2 Å². The number of amides is 1. The molecular formula is C17H18N4O4. The molecule has 25 heavy (non-hydrogen) atoms. The van der Waals surface area contributed by atoms with Crippen LogP contribution in [0.15, 0.2) is 50.5 Å². The molecule has 2 N–H and O–H groups in total. The van der Waals surface area contributed by atoms with Crippen LogP contribution in [0.4, 0.5) is 5.69 Å². The van der Waals surface area contributed by atoms with Crippen molar-refractivity contribution in [2.75, 3.05) is 26.0 Å². The molecular weight excluding hydrogens is 324 g/mol. The Labute approximate surface area is 142 Å². The molecule has 0 spiro atoms. The maximum atomic E-state index is 12.2. The molecule has 0 aliphatic carbocycles. The van der Waals surface area contributed by atoms with Crippen LogP contribution < -0.4 is 16.6 Å². The van der Waals surface area contributed by atoms with Crippen LogP contribution in [0.3, 0.4) is 0 Å². The Bertz CT molecular complexity index is 1010. The quantitative estimate of drug-likeness (QED) is 0.723. The SMILES string of the molecule is CN(C)CCn1c(=O)oc2ccc(NC(=O)c3ccc(=O)[nH]c3)cc21. The van der Waals surface area contributed by atoms with Crippen molar-refractivity contribution in [1.29, 1.82) is 0 Å². The molecule has 3 rings (SSSR count). The fourth-order valence-corrected chi connectivity index (χ4v) is 2.41. The number of hydrogen-bond acceptors (Lipinski definition) is 5. The van der Waals surface area contributed by atoms with Gasteiger partial charge < -0.3 is 19.6 Å². The average molecular weight is 342 g/mol. The van der Waals surface area contributed by atoms with Gasteiger partial charge in [0.15, 0.2) is 5.58 Å². The molecule has 0 unspecified atom stereocenters. The minimum atomic E-state index is -0.430. The lowest BCUT2D eigenvalue weighted by Gasteiger charge is -2.10. The van der Waals surface area contributed by atoms with Crippen molar-refractivity contribution in [3.8, 4) is 0 Å². The van der Waals surface area contributed by atoms with Crippen molar-refractivity contribution in [2.45, 2.75) is 6.54 Å². The smallest absolute Gasteiger partial charge is 0.408 e. The molecule has 3 aromatic rings. The normalized spacial score (nSPS) is 11.2. The van der Waals surface area contributed by atoms with Gasteiger partial charge in [0.2, 0.25) is 5.56 Å². The predicted molar refractivity (Wildman–Crippen MR) is 94.0 cm³/mol. The number of nitrogens with one attached hydrogen (secondary N) is 2. The molecule has 0 saturated carbocycles. The zero-order valence-corrected chi connectivity index (χ0v) is 13.9. The van der Waals surface area contributed by atoms with E-state index in [0.717, 1.165) is 0 Å². The van der Waals surface area contributed by atoms with Crippen molar-refractivity contribution >= 4 is 22.7 Å². The van der Waals surface area contributed by atoms with E-state index >= 15 is 0 Å². The first-order valence-corrected chi connectivity index (χ1v) is 7.72. The van der Waals surface area contributed by atoms with Crippen LogP contribution in [-0.2, 0) is 6.54 Å². The Morgan fingerprint density at radius 2 is 2.04 bits per heavy atom. The lowest BCUT2D eigenvalue weighted by molar-refractivity contribution is 0.102. The topological polar surface area (TPSA) is 100 Å². The van der Waals surface area contributed by atoms with Crippen LogP contribution in [0.5, 0.6) is 0 Å². The Balaban J connectivity index is 1.88.